The molecule has 16 heavy (non-hydrogen) atoms. The van der Waals surface area contributed by atoms with Crippen molar-refractivity contribution in [3.05, 3.63) is 30.2 Å². The van der Waals surface area contributed by atoms with E-state index in [1.54, 1.807) is 0 Å². The molecule has 3 rings (SSSR count). The normalized spacial score (nSPS) is 21.4. The zero-order chi connectivity index (χ0) is 10.8. The molecule has 1 unspecified atom stereocenters. The van der Waals surface area contributed by atoms with Crippen LogP contribution in [0.5, 0.6) is 0 Å². The Morgan fingerprint density at radius 1 is 1.44 bits per heavy atom. The molecule has 1 aromatic heterocycles. The number of rotatable bonds is 2. The monoisotopic (exact) mass is 216 g/mol. The topological polar surface area (TPSA) is 38.1 Å². The molecule has 0 spiro atoms. The lowest BCUT2D eigenvalue weighted by molar-refractivity contribution is 0.376. The fourth-order valence-corrected chi connectivity index (χ4v) is 2.46. The average molecular weight is 216 g/mol. The highest BCUT2D eigenvalue weighted by atomic mass is 16.3. The van der Waals surface area contributed by atoms with Crippen LogP contribution in [0.1, 0.15) is 18.4 Å². The number of aromatic nitrogens is 1. The molecular formula is C13H16N2O. The third-order valence-corrected chi connectivity index (χ3v) is 3.32. The molecule has 0 amide bonds. The van der Waals surface area contributed by atoms with Gasteiger partial charge in [-0.25, -0.2) is 4.98 Å². The van der Waals surface area contributed by atoms with Crippen molar-refractivity contribution in [2.24, 2.45) is 5.92 Å². The Bertz CT molecular complexity index is 471. The Hall–Kier alpha value is -1.35. The van der Waals surface area contributed by atoms with Gasteiger partial charge in [-0.15, -0.1) is 0 Å². The molecule has 1 atom stereocenters. The number of nitrogens with one attached hydrogen (secondary N) is 1. The van der Waals surface area contributed by atoms with Crippen molar-refractivity contribution < 1.29 is 4.42 Å². The summed E-state index contributed by atoms with van der Waals surface area (Å²) in [6.45, 7) is 2.33. The minimum atomic E-state index is 0.776. The van der Waals surface area contributed by atoms with Crippen molar-refractivity contribution in [3.63, 3.8) is 0 Å². The first kappa shape index (κ1) is 9.85. The standard InChI is InChI=1S/C13H16N2O/c1-2-11(8-14-5-1)6-10-3-4-13-12(7-10)15-9-16-13/h3-4,7,9,11,14H,1-2,5-6,8H2. The van der Waals surface area contributed by atoms with E-state index in [1.807, 2.05) is 6.07 Å². The summed E-state index contributed by atoms with van der Waals surface area (Å²) in [5.41, 5.74) is 3.22. The van der Waals surface area contributed by atoms with E-state index in [4.69, 9.17) is 4.42 Å². The van der Waals surface area contributed by atoms with Crippen molar-refractivity contribution in [2.45, 2.75) is 19.3 Å². The highest BCUT2D eigenvalue weighted by molar-refractivity contribution is 5.72. The quantitative estimate of drug-likeness (QED) is 0.837. The summed E-state index contributed by atoms with van der Waals surface area (Å²) in [4.78, 5) is 4.19. The second-order valence-electron chi connectivity index (χ2n) is 4.57. The predicted molar refractivity (Wildman–Crippen MR) is 63.3 cm³/mol. The van der Waals surface area contributed by atoms with Gasteiger partial charge in [-0.3, -0.25) is 0 Å². The van der Waals surface area contributed by atoms with Crippen LogP contribution in [0.2, 0.25) is 0 Å². The molecule has 0 aliphatic carbocycles. The number of hydrogen-bond donors (Lipinski definition) is 1. The van der Waals surface area contributed by atoms with Crippen LogP contribution < -0.4 is 5.32 Å². The van der Waals surface area contributed by atoms with Crippen LogP contribution in [0.3, 0.4) is 0 Å². The Kier molecular flexibility index (Phi) is 2.62. The molecule has 1 aliphatic heterocycles. The molecule has 3 heteroatoms. The first-order valence-corrected chi connectivity index (χ1v) is 5.95. The van der Waals surface area contributed by atoms with Gasteiger partial charge in [0.15, 0.2) is 12.0 Å². The number of fused-ring (bicyclic) bond motifs is 1. The van der Waals surface area contributed by atoms with E-state index in [0.29, 0.717) is 0 Å². The van der Waals surface area contributed by atoms with Gasteiger partial charge in [0, 0.05) is 0 Å². The van der Waals surface area contributed by atoms with Gasteiger partial charge in [-0.2, -0.15) is 0 Å². The van der Waals surface area contributed by atoms with Crippen molar-refractivity contribution >= 4 is 11.1 Å². The summed E-state index contributed by atoms with van der Waals surface area (Å²) < 4.78 is 5.24. The fourth-order valence-electron chi connectivity index (χ4n) is 2.46. The number of oxazole rings is 1. The van der Waals surface area contributed by atoms with Crippen molar-refractivity contribution in [1.82, 2.24) is 10.3 Å². The van der Waals surface area contributed by atoms with E-state index in [-0.39, 0.29) is 0 Å². The zero-order valence-corrected chi connectivity index (χ0v) is 9.28. The largest absolute Gasteiger partial charge is 0.443 e. The summed E-state index contributed by atoms with van der Waals surface area (Å²) in [5.74, 6) is 0.776. The second kappa shape index (κ2) is 4.26. The minimum Gasteiger partial charge on any atom is -0.443 e. The van der Waals surface area contributed by atoms with E-state index in [0.717, 1.165) is 30.0 Å². The van der Waals surface area contributed by atoms with Gasteiger partial charge in [-0.1, -0.05) is 6.07 Å². The molecule has 2 heterocycles. The van der Waals surface area contributed by atoms with Gasteiger partial charge in [0.05, 0.1) is 0 Å². The molecule has 3 nitrogen and oxygen atoms in total. The molecule has 84 valence electrons. The summed E-state index contributed by atoms with van der Waals surface area (Å²) in [5, 5.41) is 3.45. The Morgan fingerprint density at radius 3 is 3.31 bits per heavy atom. The third-order valence-electron chi connectivity index (χ3n) is 3.32. The minimum absolute atomic E-state index is 0.776. The van der Waals surface area contributed by atoms with Gasteiger partial charge in [0.2, 0.25) is 0 Å². The summed E-state index contributed by atoms with van der Waals surface area (Å²) in [6.07, 6.45) is 5.30. The van der Waals surface area contributed by atoms with E-state index in [9.17, 15) is 0 Å². The Labute approximate surface area is 94.9 Å². The molecule has 2 aromatic rings. The van der Waals surface area contributed by atoms with E-state index in [2.05, 4.69) is 22.4 Å². The van der Waals surface area contributed by atoms with Crippen LogP contribution in [-0.4, -0.2) is 18.1 Å². The predicted octanol–water partition coefficient (Wildman–Crippen LogP) is 2.37. The van der Waals surface area contributed by atoms with E-state index >= 15 is 0 Å². The van der Waals surface area contributed by atoms with Gasteiger partial charge >= 0.3 is 0 Å². The zero-order valence-electron chi connectivity index (χ0n) is 9.28. The lowest BCUT2D eigenvalue weighted by Gasteiger charge is -2.22. The second-order valence-corrected chi connectivity index (χ2v) is 4.57. The molecule has 1 N–H and O–H groups in total. The molecule has 1 aliphatic rings. The first-order chi connectivity index (χ1) is 7.92. The van der Waals surface area contributed by atoms with Crippen molar-refractivity contribution in [2.75, 3.05) is 13.1 Å². The summed E-state index contributed by atoms with van der Waals surface area (Å²) >= 11 is 0. The smallest absolute Gasteiger partial charge is 0.181 e. The van der Waals surface area contributed by atoms with Crippen LogP contribution in [-0.2, 0) is 6.42 Å². The SMILES string of the molecule is c1nc2cc(CC3CCCNC3)ccc2o1. The highest BCUT2D eigenvalue weighted by Gasteiger charge is 2.13. The van der Waals surface area contributed by atoms with Gasteiger partial charge in [0.25, 0.3) is 0 Å². The maximum absolute atomic E-state index is 5.24. The number of hydrogen-bond acceptors (Lipinski definition) is 3. The maximum atomic E-state index is 5.24. The first-order valence-electron chi connectivity index (χ1n) is 5.95. The summed E-state index contributed by atoms with van der Waals surface area (Å²) in [6, 6.07) is 6.32. The molecule has 0 radical (unpaired) electrons. The lowest BCUT2D eigenvalue weighted by atomic mass is 9.92. The fraction of sp³-hybridized carbons (Fsp3) is 0.462. The Morgan fingerprint density at radius 2 is 2.44 bits per heavy atom. The van der Waals surface area contributed by atoms with Gasteiger partial charge in [-0.05, 0) is 56.0 Å². The van der Waals surface area contributed by atoms with Gasteiger partial charge in [0.1, 0.15) is 5.52 Å². The number of piperidine rings is 1. The van der Waals surface area contributed by atoms with Crippen molar-refractivity contribution in [1.29, 1.82) is 0 Å². The van der Waals surface area contributed by atoms with Crippen molar-refractivity contribution in [3.8, 4) is 0 Å². The summed E-state index contributed by atoms with van der Waals surface area (Å²) in [7, 11) is 0. The number of nitrogens with zero attached hydrogens (tertiary/aromatic N) is 1. The lowest BCUT2D eigenvalue weighted by Crippen LogP contribution is -2.30. The van der Waals surface area contributed by atoms with E-state index in [1.165, 1.54) is 31.3 Å². The Balaban J connectivity index is 1.77. The average Bonchev–Trinajstić information content (AvgIpc) is 2.77. The molecule has 0 saturated carbocycles. The van der Waals surface area contributed by atoms with Crippen LogP contribution in [0.4, 0.5) is 0 Å². The highest BCUT2D eigenvalue weighted by Crippen LogP contribution is 2.20. The maximum Gasteiger partial charge on any atom is 0.181 e. The van der Waals surface area contributed by atoms with Crippen LogP contribution in [0, 0.1) is 5.92 Å². The van der Waals surface area contributed by atoms with Crippen LogP contribution >= 0.6 is 0 Å². The molecule has 1 saturated heterocycles. The van der Waals surface area contributed by atoms with Crippen LogP contribution in [0.15, 0.2) is 29.0 Å². The van der Waals surface area contributed by atoms with E-state index < -0.39 is 0 Å². The number of benzene rings is 1. The molecular weight excluding hydrogens is 200 g/mol. The molecule has 1 aromatic carbocycles. The molecule has 0 bridgehead atoms. The molecule has 1 fully saturated rings. The van der Waals surface area contributed by atoms with Gasteiger partial charge < -0.3 is 9.73 Å². The van der Waals surface area contributed by atoms with Crippen LogP contribution in [0.25, 0.3) is 11.1 Å². The third kappa shape index (κ3) is 1.95.